The third-order valence-electron chi connectivity index (χ3n) is 3.74. The van der Waals surface area contributed by atoms with E-state index in [1.807, 2.05) is 25.1 Å². The zero-order chi connectivity index (χ0) is 15.4. The number of fused-ring (bicyclic) bond motifs is 1. The standard InChI is InChI=1S/C16H21N3O3.ClH/c1-11-3-2-4-13-16(11)19-15(22-13)5-6-18-14(20)9-12-10-17-7-8-21-12;/h2-4,12,17H,5-10H2,1H3,(H,18,20);1H. The summed E-state index contributed by atoms with van der Waals surface area (Å²) in [5.41, 5.74) is 2.78. The molecule has 126 valence electrons. The van der Waals surface area contributed by atoms with Crippen LogP contribution >= 0.6 is 12.4 Å². The van der Waals surface area contributed by atoms with E-state index in [1.54, 1.807) is 0 Å². The van der Waals surface area contributed by atoms with Crippen LogP contribution in [0.4, 0.5) is 0 Å². The minimum atomic E-state index is -0.0271. The molecule has 0 radical (unpaired) electrons. The number of benzene rings is 1. The summed E-state index contributed by atoms with van der Waals surface area (Å²) in [6.45, 7) is 4.78. The molecular formula is C16H22ClN3O3. The van der Waals surface area contributed by atoms with E-state index in [0.717, 1.165) is 29.8 Å². The normalized spacial score (nSPS) is 17.7. The van der Waals surface area contributed by atoms with Gasteiger partial charge in [0, 0.05) is 26.1 Å². The lowest BCUT2D eigenvalue weighted by atomic mass is 10.2. The van der Waals surface area contributed by atoms with Crippen molar-refractivity contribution in [3.8, 4) is 0 Å². The summed E-state index contributed by atoms with van der Waals surface area (Å²) in [5.74, 6) is 0.654. The molecule has 1 saturated heterocycles. The Balaban J connectivity index is 0.00000192. The number of hydrogen-bond acceptors (Lipinski definition) is 5. The molecule has 6 nitrogen and oxygen atoms in total. The van der Waals surface area contributed by atoms with Gasteiger partial charge in [0.05, 0.1) is 19.1 Å². The molecule has 2 heterocycles. The predicted octanol–water partition coefficient (Wildman–Crippen LogP) is 1.60. The number of morpholine rings is 1. The molecular weight excluding hydrogens is 318 g/mol. The number of carbonyl (C=O) groups is 1. The monoisotopic (exact) mass is 339 g/mol. The zero-order valence-corrected chi connectivity index (χ0v) is 13.9. The fourth-order valence-electron chi connectivity index (χ4n) is 2.58. The number of para-hydroxylation sites is 1. The number of aromatic nitrogens is 1. The highest BCUT2D eigenvalue weighted by molar-refractivity contribution is 5.85. The summed E-state index contributed by atoms with van der Waals surface area (Å²) < 4.78 is 11.2. The quantitative estimate of drug-likeness (QED) is 0.865. The Bertz CT molecular complexity index is 653. The average Bonchev–Trinajstić information content (AvgIpc) is 2.93. The van der Waals surface area contributed by atoms with Crippen LogP contribution in [0.3, 0.4) is 0 Å². The Kier molecular flexibility index (Phi) is 6.38. The van der Waals surface area contributed by atoms with Crippen LogP contribution in [0.25, 0.3) is 11.1 Å². The van der Waals surface area contributed by atoms with Crippen molar-refractivity contribution in [3.05, 3.63) is 29.7 Å². The van der Waals surface area contributed by atoms with Crippen LogP contribution in [0.5, 0.6) is 0 Å². The fraction of sp³-hybridized carbons (Fsp3) is 0.500. The van der Waals surface area contributed by atoms with Crippen molar-refractivity contribution in [1.82, 2.24) is 15.6 Å². The van der Waals surface area contributed by atoms with Crippen molar-refractivity contribution in [2.75, 3.05) is 26.2 Å². The predicted molar refractivity (Wildman–Crippen MR) is 89.9 cm³/mol. The second kappa shape index (κ2) is 8.29. The fourth-order valence-corrected chi connectivity index (χ4v) is 2.58. The highest BCUT2D eigenvalue weighted by Crippen LogP contribution is 2.18. The van der Waals surface area contributed by atoms with E-state index in [4.69, 9.17) is 9.15 Å². The van der Waals surface area contributed by atoms with Crippen LogP contribution in [-0.4, -0.2) is 43.2 Å². The van der Waals surface area contributed by atoms with Gasteiger partial charge in [-0.2, -0.15) is 0 Å². The first-order chi connectivity index (χ1) is 10.7. The molecule has 0 aliphatic carbocycles. The first kappa shape index (κ1) is 17.7. The number of rotatable bonds is 5. The lowest BCUT2D eigenvalue weighted by Crippen LogP contribution is -2.41. The number of ether oxygens (including phenoxy) is 1. The Hall–Kier alpha value is -1.63. The van der Waals surface area contributed by atoms with Gasteiger partial charge in [-0.05, 0) is 18.6 Å². The number of hydrogen-bond donors (Lipinski definition) is 2. The van der Waals surface area contributed by atoms with Gasteiger partial charge in [0.2, 0.25) is 5.91 Å². The molecule has 1 aliphatic rings. The summed E-state index contributed by atoms with van der Waals surface area (Å²) in [7, 11) is 0. The second-order valence-corrected chi connectivity index (χ2v) is 5.53. The number of carbonyl (C=O) groups excluding carboxylic acids is 1. The van der Waals surface area contributed by atoms with Gasteiger partial charge in [-0.1, -0.05) is 12.1 Å². The summed E-state index contributed by atoms with van der Waals surface area (Å²) in [6.07, 6.45) is 0.948. The Labute approximate surface area is 141 Å². The van der Waals surface area contributed by atoms with Gasteiger partial charge in [0.1, 0.15) is 5.52 Å². The topological polar surface area (TPSA) is 76.4 Å². The van der Waals surface area contributed by atoms with Crippen molar-refractivity contribution < 1.29 is 13.9 Å². The highest BCUT2D eigenvalue weighted by atomic mass is 35.5. The molecule has 1 aliphatic heterocycles. The maximum atomic E-state index is 11.9. The third kappa shape index (κ3) is 4.67. The first-order valence-corrected chi connectivity index (χ1v) is 7.66. The first-order valence-electron chi connectivity index (χ1n) is 7.66. The smallest absolute Gasteiger partial charge is 0.222 e. The number of nitrogens with zero attached hydrogens (tertiary/aromatic N) is 1. The van der Waals surface area contributed by atoms with Gasteiger partial charge in [-0.3, -0.25) is 4.79 Å². The van der Waals surface area contributed by atoms with E-state index in [0.29, 0.717) is 31.9 Å². The van der Waals surface area contributed by atoms with Crippen molar-refractivity contribution in [2.45, 2.75) is 25.9 Å². The molecule has 0 bridgehead atoms. The van der Waals surface area contributed by atoms with Gasteiger partial charge < -0.3 is 19.8 Å². The molecule has 3 rings (SSSR count). The SMILES string of the molecule is Cc1cccc2oc(CCNC(=O)CC3CNCCO3)nc12.Cl. The second-order valence-electron chi connectivity index (χ2n) is 5.53. The lowest BCUT2D eigenvalue weighted by molar-refractivity contribution is -0.124. The van der Waals surface area contributed by atoms with Crippen LogP contribution in [-0.2, 0) is 16.0 Å². The minimum Gasteiger partial charge on any atom is -0.441 e. The largest absolute Gasteiger partial charge is 0.441 e. The zero-order valence-electron chi connectivity index (χ0n) is 13.1. The van der Waals surface area contributed by atoms with Crippen molar-refractivity contribution in [2.24, 2.45) is 0 Å². The minimum absolute atomic E-state index is 0. The molecule has 7 heteroatoms. The number of amides is 1. The molecule has 23 heavy (non-hydrogen) atoms. The molecule has 1 amide bonds. The van der Waals surface area contributed by atoms with Crippen LogP contribution in [0.15, 0.2) is 22.6 Å². The van der Waals surface area contributed by atoms with E-state index in [2.05, 4.69) is 15.6 Å². The van der Waals surface area contributed by atoms with Crippen LogP contribution in [0.2, 0.25) is 0 Å². The number of halogens is 1. The van der Waals surface area contributed by atoms with Crippen molar-refractivity contribution in [1.29, 1.82) is 0 Å². The van der Waals surface area contributed by atoms with E-state index in [1.165, 1.54) is 0 Å². The summed E-state index contributed by atoms with van der Waals surface area (Å²) in [4.78, 5) is 16.3. The average molecular weight is 340 g/mol. The van der Waals surface area contributed by atoms with Gasteiger partial charge in [-0.25, -0.2) is 4.98 Å². The number of aryl methyl sites for hydroxylation is 1. The molecule has 2 aromatic rings. The van der Waals surface area contributed by atoms with Crippen molar-refractivity contribution in [3.63, 3.8) is 0 Å². The summed E-state index contributed by atoms with van der Waals surface area (Å²) in [6, 6.07) is 5.87. The Morgan fingerprint density at radius 1 is 1.48 bits per heavy atom. The van der Waals surface area contributed by atoms with Gasteiger partial charge in [0.15, 0.2) is 11.5 Å². The van der Waals surface area contributed by atoms with Gasteiger partial charge in [0.25, 0.3) is 0 Å². The van der Waals surface area contributed by atoms with E-state index >= 15 is 0 Å². The third-order valence-corrected chi connectivity index (χ3v) is 3.74. The number of oxazole rings is 1. The van der Waals surface area contributed by atoms with Gasteiger partial charge >= 0.3 is 0 Å². The molecule has 1 fully saturated rings. The van der Waals surface area contributed by atoms with Crippen LogP contribution in [0, 0.1) is 6.92 Å². The molecule has 1 aromatic carbocycles. The van der Waals surface area contributed by atoms with Gasteiger partial charge in [-0.15, -0.1) is 12.4 Å². The van der Waals surface area contributed by atoms with E-state index in [9.17, 15) is 4.79 Å². The molecule has 2 N–H and O–H groups in total. The molecule has 1 aromatic heterocycles. The Morgan fingerprint density at radius 2 is 2.35 bits per heavy atom. The highest BCUT2D eigenvalue weighted by Gasteiger charge is 2.17. The summed E-state index contributed by atoms with van der Waals surface area (Å²) >= 11 is 0. The van der Waals surface area contributed by atoms with Crippen LogP contribution in [0.1, 0.15) is 17.9 Å². The molecule has 0 saturated carbocycles. The van der Waals surface area contributed by atoms with E-state index < -0.39 is 0 Å². The van der Waals surface area contributed by atoms with Crippen LogP contribution < -0.4 is 10.6 Å². The molecule has 0 spiro atoms. The Morgan fingerprint density at radius 3 is 3.09 bits per heavy atom. The van der Waals surface area contributed by atoms with Crippen molar-refractivity contribution >= 4 is 29.4 Å². The maximum Gasteiger partial charge on any atom is 0.222 e. The number of nitrogens with one attached hydrogen (secondary N) is 2. The summed E-state index contributed by atoms with van der Waals surface area (Å²) in [5, 5.41) is 6.10. The molecule has 1 atom stereocenters. The van der Waals surface area contributed by atoms with E-state index in [-0.39, 0.29) is 24.4 Å². The molecule has 1 unspecified atom stereocenters. The maximum absolute atomic E-state index is 11.9. The lowest BCUT2D eigenvalue weighted by Gasteiger charge is -2.22.